The molecule has 0 atom stereocenters. The number of hydrogen-bond acceptors (Lipinski definition) is 4. The van der Waals surface area contributed by atoms with Crippen molar-refractivity contribution in [2.45, 2.75) is 0 Å². The van der Waals surface area contributed by atoms with Gasteiger partial charge in [-0.3, -0.25) is 4.57 Å². The van der Waals surface area contributed by atoms with Gasteiger partial charge in [-0.2, -0.15) is 0 Å². The fraction of sp³-hybridized carbons (Fsp3) is 0.0625. The van der Waals surface area contributed by atoms with Gasteiger partial charge in [0.05, 0.1) is 12.7 Å². The summed E-state index contributed by atoms with van der Waals surface area (Å²) in [5, 5.41) is 21.1. The first kappa shape index (κ1) is 13.1. The lowest BCUT2D eigenvalue weighted by molar-refractivity contribution is 0.0600. The van der Waals surface area contributed by atoms with Crippen molar-refractivity contribution < 1.29 is 19.7 Å². The first-order chi connectivity index (χ1) is 10.1. The van der Waals surface area contributed by atoms with Crippen molar-refractivity contribution in [2.24, 2.45) is 0 Å². The second-order valence-corrected chi connectivity index (χ2v) is 4.64. The number of methoxy groups -OCH3 is 1. The number of aromatic hydroxyl groups is 2. The van der Waals surface area contributed by atoms with Crippen LogP contribution >= 0.6 is 0 Å². The molecule has 2 N–H and O–H groups in total. The third-order valence-electron chi connectivity index (χ3n) is 3.32. The highest BCUT2D eigenvalue weighted by Gasteiger charge is 2.12. The average Bonchev–Trinajstić information content (AvgIpc) is 2.83. The van der Waals surface area contributed by atoms with E-state index < -0.39 is 5.97 Å². The Morgan fingerprint density at radius 2 is 1.95 bits per heavy atom. The maximum Gasteiger partial charge on any atom is 0.337 e. The lowest BCUT2D eigenvalue weighted by atomic mass is 10.2. The molecule has 3 rings (SSSR count). The van der Waals surface area contributed by atoms with Gasteiger partial charge in [0.25, 0.3) is 0 Å². The van der Waals surface area contributed by atoms with Crippen LogP contribution in [0.3, 0.4) is 0 Å². The summed E-state index contributed by atoms with van der Waals surface area (Å²) in [7, 11) is 1.32. The molecule has 0 spiro atoms. The molecule has 0 saturated heterocycles. The largest absolute Gasteiger partial charge is 0.508 e. The first-order valence-corrected chi connectivity index (χ1v) is 6.32. The molecule has 0 radical (unpaired) electrons. The molecule has 0 aliphatic carbocycles. The van der Waals surface area contributed by atoms with Gasteiger partial charge in [0.1, 0.15) is 5.75 Å². The quantitative estimate of drug-likeness (QED) is 0.709. The molecule has 5 heteroatoms. The van der Waals surface area contributed by atoms with Crippen LogP contribution < -0.4 is 0 Å². The summed E-state index contributed by atoms with van der Waals surface area (Å²) in [6.07, 6.45) is 1.70. The molecule has 0 saturated carbocycles. The number of carbonyl (C=O) groups is 1. The smallest absolute Gasteiger partial charge is 0.337 e. The lowest BCUT2D eigenvalue weighted by Gasteiger charge is -2.06. The number of phenolic OH excluding ortho intramolecular Hbond substituents is 1. The van der Waals surface area contributed by atoms with E-state index in [-0.39, 0.29) is 11.6 Å². The summed E-state index contributed by atoms with van der Waals surface area (Å²) in [5.41, 5.74) is 1.03. The van der Waals surface area contributed by atoms with E-state index in [1.54, 1.807) is 47.2 Å². The fourth-order valence-electron chi connectivity index (χ4n) is 2.29. The number of rotatable bonds is 2. The summed E-state index contributed by atoms with van der Waals surface area (Å²) in [5.74, 6) is -0.263. The van der Waals surface area contributed by atoms with Gasteiger partial charge in [-0.05, 0) is 36.4 Å². The monoisotopic (exact) mass is 283 g/mol. The number of hydrogen-bond donors (Lipinski definition) is 2. The second-order valence-electron chi connectivity index (χ2n) is 4.64. The Morgan fingerprint density at radius 1 is 1.14 bits per heavy atom. The standard InChI is InChI=1S/C16H13NO4/c1-21-16(20)10-3-2-4-12(7-10)17-9-11-8-13(18)5-6-14(11)15(17)19/h2-9,18-19H,1H3. The predicted octanol–water partition coefficient (Wildman–Crippen LogP) is 2.83. The molecular formula is C16H13NO4. The molecule has 3 aromatic rings. The van der Waals surface area contributed by atoms with Crippen LogP contribution in [0.4, 0.5) is 0 Å². The topological polar surface area (TPSA) is 71.7 Å². The molecule has 0 bridgehead atoms. The van der Waals surface area contributed by atoms with E-state index in [1.165, 1.54) is 13.2 Å². The minimum absolute atomic E-state index is 0.0482. The average molecular weight is 283 g/mol. The van der Waals surface area contributed by atoms with Gasteiger partial charge in [0, 0.05) is 22.7 Å². The van der Waals surface area contributed by atoms with Crippen LogP contribution in [0.1, 0.15) is 10.4 Å². The van der Waals surface area contributed by atoms with Crippen LogP contribution in [0.2, 0.25) is 0 Å². The molecule has 1 aromatic heterocycles. The zero-order valence-corrected chi connectivity index (χ0v) is 11.3. The molecule has 0 unspecified atom stereocenters. The van der Waals surface area contributed by atoms with Gasteiger partial charge in [-0.15, -0.1) is 0 Å². The third-order valence-corrected chi connectivity index (χ3v) is 3.32. The van der Waals surface area contributed by atoms with Crippen LogP contribution in [0, 0.1) is 0 Å². The number of fused-ring (bicyclic) bond motifs is 1. The number of benzene rings is 2. The van der Waals surface area contributed by atoms with E-state index in [4.69, 9.17) is 0 Å². The highest BCUT2D eigenvalue weighted by Crippen LogP contribution is 2.32. The van der Waals surface area contributed by atoms with E-state index >= 15 is 0 Å². The molecule has 106 valence electrons. The van der Waals surface area contributed by atoms with E-state index in [0.29, 0.717) is 22.0 Å². The van der Waals surface area contributed by atoms with Crippen molar-refractivity contribution >= 4 is 16.7 Å². The number of ether oxygens (including phenoxy) is 1. The first-order valence-electron chi connectivity index (χ1n) is 6.32. The van der Waals surface area contributed by atoms with Gasteiger partial charge < -0.3 is 14.9 Å². The van der Waals surface area contributed by atoms with E-state index in [1.807, 2.05) is 0 Å². The zero-order valence-electron chi connectivity index (χ0n) is 11.3. The van der Waals surface area contributed by atoms with E-state index in [2.05, 4.69) is 4.74 Å². The Hall–Kier alpha value is -2.95. The highest BCUT2D eigenvalue weighted by molar-refractivity contribution is 5.91. The molecule has 21 heavy (non-hydrogen) atoms. The molecule has 0 fully saturated rings. The van der Waals surface area contributed by atoms with Crippen molar-refractivity contribution in [1.29, 1.82) is 0 Å². The highest BCUT2D eigenvalue weighted by atomic mass is 16.5. The number of esters is 1. The summed E-state index contributed by atoms with van der Waals surface area (Å²) >= 11 is 0. The Balaban J connectivity index is 2.16. The van der Waals surface area contributed by atoms with Crippen molar-refractivity contribution in [3.8, 4) is 17.3 Å². The maximum absolute atomic E-state index is 11.6. The van der Waals surface area contributed by atoms with Crippen LogP contribution in [0.25, 0.3) is 16.5 Å². The van der Waals surface area contributed by atoms with Crippen molar-refractivity contribution in [3.05, 3.63) is 54.2 Å². The number of phenols is 1. The maximum atomic E-state index is 11.6. The number of carbonyl (C=O) groups excluding carboxylic acids is 1. The summed E-state index contributed by atoms with van der Waals surface area (Å²) in [6, 6.07) is 11.5. The Kier molecular flexibility index (Phi) is 3.02. The van der Waals surface area contributed by atoms with Gasteiger partial charge in [-0.1, -0.05) is 6.07 Å². The van der Waals surface area contributed by atoms with Gasteiger partial charge in [0.2, 0.25) is 5.88 Å². The van der Waals surface area contributed by atoms with E-state index in [0.717, 1.165) is 0 Å². The number of aromatic nitrogens is 1. The summed E-state index contributed by atoms with van der Waals surface area (Å²) in [4.78, 5) is 11.6. The summed E-state index contributed by atoms with van der Waals surface area (Å²) < 4.78 is 6.24. The van der Waals surface area contributed by atoms with Crippen LogP contribution in [0.15, 0.2) is 48.7 Å². The van der Waals surface area contributed by atoms with Gasteiger partial charge in [-0.25, -0.2) is 4.79 Å². The van der Waals surface area contributed by atoms with Crippen LogP contribution in [-0.2, 0) is 4.74 Å². The SMILES string of the molecule is COC(=O)c1cccc(-n2cc3cc(O)ccc3c2O)c1. The zero-order chi connectivity index (χ0) is 15.0. The Morgan fingerprint density at radius 3 is 2.71 bits per heavy atom. The molecule has 0 amide bonds. The third kappa shape index (κ3) is 2.18. The van der Waals surface area contributed by atoms with Crippen molar-refractivity contribution in [3.63, 3.8) is 0 Å². The van der Waals surface area contributed by atoms with E-state index in [9.17, 15) is 15.0 Å². The van der Waals surface area contributed by atoms with Crippen molar-refractivity contribution in [1.82, 2.24) is 4.57 Å². The normalized spacial score (nSPS) is 10.7. The molecule has 5 nitrogen and oxygen atoms in total. The van der Waals surface area contributed by atoms with Crippen LogP contribution in [-0.4, -0.2) is 27.9 Å². The summed E-state index contributed by atoms with van der Waals surface area (Å²) in [6.45, 7) is 0. The van der Waals surface area contributed by atoms with Gasteiger partial charge >= 0.3 is 5.97 Å². The minimum Gasteiger partial charge on any atom is -0.508 e. The van der Waals surface area contributed by atoms with Gasteiger partial charge in [0.15, 0.2) is 0 Å². The molecule has 2 aromatic carbocycles. The number of nitrogens with zero attached hydrogens (tertiary/aromatic N) is 1. The predicted molar refractivity (Wildman–Crippen MR) is 77.9 cm³/mol. The Bertz CT molecular complexity index is 835. The lowest BCUT2D eigenvalue weighted by Crippen LogP contribution is -2.02. The fourth-order valence-corrected chi connectivity index (χ4v) is 2.29. The van der Waals surface area contributed by atoms with Crippen LogP contribution in [0.5, 0.6) is 11.6 Å². The molecule has 0 aliphatic heterocycles. The molecule has 0 aliphatic rings. The van der Waals surface area contributed by atoms with Crippen molar-refractivity contribution in [2.75, 3.05) is 7.11 Å². The molecule has 1 heterocycles. The molecular weight excluding hydrogens is 270 g/mol. The second kappa shape index (κ2) is 4.86. The minimum atomic E-state index is -0.439. The Labute approximate surface area is 120 Å².